The number of fused-ring (bicyclic) bond motifs is 1. The molecule has 0 aliphatic heterocycles. The number of aromatic nitrogens is 3. The molecular formula is C16H17N5O. The largest absolute Gasteiger partial charge is 0.344 e. The average molecular weight is 295 g/mol. The average Bonchev–Trinajstić information content (AvgIpc) is 2.90. The first-order valence-electron chi connectivity index (χ1n) is 7.29. The number of nitriles is 1. The molecule has 3 rings (SSSR count). The number of hydrogen-bond donors (Lipinski definition) is 1. The van der Waals surface area contributed by atoms with Crippen molar-refractivity contribution in [3.8, 4) is 6.07 Å². The van der Waals surface area contributed by atoms with Crippen molar-refractivity contribution in [1.29, 1.82) is 5.26 Å². The Morgan fingerprint density at radius 2 is 2.32 bits per heavy atom. The Kier molecular flexibility index (Phi) is 3.63. The van der Waals surface area contributed by atoms with E-state index in [0.29, 0.717) is 17.0 Å². The van der Waals surface area contributed by atoms with Gasteiger partial charge in [-0.15, -0.1) is 0 Å². The quantitative estimate of drug-likeness (QED) is 0.915. The maximum atomic E-state index is 12.4. The molecule has 0 fully saturated rings. The highest BCUT2D eigenvalue weighted by atomic mass is 16.1. The highest BCUT2D eigenvalue weighted by Gasteiger charge is 2.25. The molecule has 0 saturated carbocycles. The van der Waals surface area contributed by atoms with Gasteiger partial charge in [0.1, 0.15) is 11.8 Å². The third kappa shape index (κ3) is 2.46. The highest BCUT2D eigenvalue weighted by molar-refractivity contribution is 5.92. The Hall–Kier alpha value is -2.68. The van der Waals surface area contributed by atoms with E-state index in [1.54, 1.807) is 19.1 Å². The Morgan fingerprint density at radius 3 is 3.05 bits per heavy atom. The summed E-state index contributed by atoms with van der Waals surface area (Å²) in [5, 5.41) is 16.2. The normalized spacial score (nSPS) is 16.7. The maximum absolute atomic E-state index is 12.4. The van der Waals surface area contributed by atoms with Crippen LogP contribution < -0.4 is 5.32 Å². The summed E-state index contributed by atoms with van der Waals surface area (Å²) in [5.74, 6) is -0.214. The molecule has 1 N–H and O–H groups in total. The van der Waals surface area contributed by atoms with Crippen molar-refractivity contribution in [2.45, 2.75) is 32.2 Å². The standard InChI is InChI=1S/C16H17N5O/c1-10-11(8-17)6-7-14(19-10)16(22)20-13-4-3-5-15-12(13)9-18-21(15)2/h6-7,9,13H,3-5H2,1-2H3,(H,20,22). The molecule has 1 aliphatic carbocycles. The van der Waals surface area contributed by atoms with Crippen LogP contribution in [0.15, 0.2) is 18.3 Å². The van der Waals surface area contributed by atoms with Crippen molar-refractivity contribution >= 4 is 5.91 Å². The zero-order chi connectivity index (χ0) is 15.7. The number of carbonyl (C=O) groups excluding carboxylic acids is 1. The molecule has 0 aromatic carbocycles. The van der Waals surface area contributed by atoms with Crippen molar-refractivity contribution in [2.75, 3.05) is 0 Å². The topological polar surface area (TPSA) is 83.6 Å². The minimum Gasteiger partial charge on any atom is -0.344 e. The third-order valence-corrected chi connectivity index (χ3v) is 4.12. The number of nitrogens with one attached hydrogen (secondary N) is 1. The number of nitrogens with zero attached hydrogens (tertiary/aromatic N) is 4. The summed E-state index contributed by atoms with van der Waals surface area (Å²) in [7, 11) is 1.93. The first-order chi connectivity index (χ1) is 10.6. The molecule has 1 aliphatic rings. The van der Waals surface area contributed by atoms with Crippen LogP contribution in [0.1, 0.15) is 51.9 Å². The van der Waals surface area contributed by atoms with E-state index in [2.05, 4.69) is 21.5 Å². The molecule has 6 heteroatoms. The number of pyridine rings is 1. The lowest BCUT2D eigenvalue weighted by Crippen LogP contribution is -2.31. The molecule has 1 amide bonds. The van der Waals surface area contributed by atoms with Gasteiger partial charge in [-0.2, -0.15) is 10.4 Å². The molecular weight excluding hydrogens is 278 g/mol. The highest BCUT2D eigenvalue weighted by Crippen LogP contribution is 2.29. The fraction of sp³-hybridized carbons (Fsp3) is 0.375. The maximum Gasteiger partial charge on any atom is 0.270 e. The molecule has 0 radical (unpaired) electrons. The Labute approximate surface area is 128 Å². The minimum atomic E-state index is -0.214. The molecule has 1 atom stereocenters. The lowest BCUT2D eigenvalue weighted by atomic mass is 9.93. The summed E-state index contributed by atoms with van der Waals surface area (Å²) in [6.07, 6.45) is 4.75. The first kappa shape index (κ1) is 14.3. The Morgan fingerprint density at radius 1 is 1.50 bits per heavy atom. The van der Waals surface area contributed by atoms with Gasteiger partial charge in [-0.3, -0.25) is 9.48 Å². The fourth-order valence-corrected chi connectivity index (χ4v) is 2.89. The van der Waals surface area contributed by atoms with Crippen LogP contribution in [-0.2, 0) is 13.5 Å². The van der Waals surface area contributed by atoms with Crippen LogP contribution in [0.3, 0.4) is 0 Å². The molecule has 0 spiro atoms. The van der Waals surface area contributed by atoms with Crippen molar-refractivity contribution in [3.63, 3.8) is 0 Å². The van der Waals surface area contributed by atoms with Crippen LogP contribution in [0.4, 0.5) is 0 Å². The fourth-order valence-electron chi connectivity index (χ4n) is 2.89. The molecule has 22 heavy (non-hydrogen) atoms. The van der Waals surface area contributed by atoms with Crippen LogP contribution in [0.5, 0.6) is 0 Å². The second-order valence-electron chi connectivity index (χ2n) is 5.53. The van der Waals surface area contributed by atoms with Crippen LogP contribution in [0.2, 0.25) is 0 Å². The van der Waals surface area contributed by atoms with Crippen LogP contribution in [0, 0.1) is 18.3 Å². The monoisotopic (exact) mass is 295 g/mol. The minimum absolute atomic E-state index is 0.0253. The molecule has 0 saturated heterocycles. The molecule has 1 unspecified atom stereocenters. The summed E-state index contributed by atoms with van der Waals surface area (Å²) in [5.41, 5.74) is 3.67. The SMILES string of the molecule is Cc1nc(C(=O)NC2CCCc3c2cnn3C)ccc1C#N. The summed E-state index contributed by atoms with van der Waals surface area (Å²) < 4.78 is 1.87. The molecule has 2 aromatic rings. The van der Waals surface area contributed by atoms with Crippen molar-refractivity contribution in [2.24, 2.45) is 7.05 Å². The Balaban J connectivity index is 1.81. The lowest BCUT2D eigenvalue weighted by Gasteiger charge is -2.23. The van der Waals surface area contributed by atoms with Gasteiger partial charge in [-0.1, -0.05) is 0 Å². The van der Waals surface area contributed by atoms with E-state index in [1.807, 2.05) is 17.9 Å². The molecule has 2 aromatic heterocycles. The van der Waals surface area contributed by atoms with Gasteiger partial charge in [0.15, 0.2) is 0 Å². The van der Waals surface area contributed by atoms with Crippen LogP contribution in [-0.4, -0.2) is 20.7 Å². The van der Waals surface area contributed by atoms with E-state index in [9.17, 15) is 4.79 Å². The lowest BCUT2D eigenvalue weighted by molar-refractivity contribution is 0.0927. The van der Waals surface area contributed by atoms with E-state index in [4.69, 9.17) is 5.26 Å². The molecule has 6 nitrogen and oxygen atoms in total. The van der Waals surface area contributed by atoms with Gasteiger partial charge in [0.25, 0.3) is 5.91 Å². The van der Waals surface area contributed by atoms with E-state index < -0.39 is 0 Å². The number of aryl methyl sites for hydroxylation is 2. The third-order valence-electron chi connectivity index (χ3n) is 4.12. The summed E-state index contributed by atoms with van der Waals surface area (Å²) in [6, 6.07) is 5.25. The second-order valence-corrected chi connectivity index (χ2v) is 5.53. The number of carbonyl (C=O) groups is 1. The van der Waals surface area contributed by atoms with Crippen LogP contribution in [0.25, 0.3) is 0 Å². The van der Waals surface area contributed by atoms with Gasteiger partial charge >= 0.3 is 0 Å². The smallest absolute Gasteiger partial charge is 0.270 e. The molecule has 0 bridgehead atoms. The van der Waals surface area contributed by atoms with Gasteiger partial charge in [0, 0.05) is 18.3 Å². The van der Waals surface area contributed by atoms with E-state index in [0.717, 1.165) is 24.8 Å². The summed E-state index contributed by atoms with van der Waals surface area (Å²) in [6.45, 7) is 1.73. The predicted octanol–water partition coefficient (Wildman–Crippen LogP) is 1.80. The van der Waals surface area contributed by atoms with Gasteiger partial charge in [0.05, 0.1) is 23.5 Å². The number of hydrogen-bond acceptors (Lipinski definition) is 4. The van der Waals surface area contributed by atoms with E-state index in [-0.39, 0.29) is 11.9 Å². The van der Waals surface area contributed by atoms with E-state index >= 15 is 0 Å². The van der Waals surface area contributed by atoms with Gasteiger partial charge in [-0.05, 0) is 38.3 Å². The summed E-state index contributed by atoms with van der Waals surface area (Å²) in [4.78, 5) is 16.6. The number of amides is 1. The summed E-state index contributed by atoms with van der Waals surface area (Å²) >= 11 is 0. The molecule has 2 heterocycles. The first-order valence-corrected chi connectivity index (χ1v) is 7.29. The number of rotatable bonds is 2. The van der Waals surface area contributed by atoms with Crippen LogP contribution >= 0.6 is 0 Å². The van der Waals surface area contributed by atoms with Gasteiger partial charge in [-0.25, -0.2) is 4.98 Å². The zero-order valence-electron chi connectivity index (χ0n) is 12.6. The predicted molar refractivity (Wildman–Crippen MR) is 80.0 cm³/mol. The van der Waals surface area contributed by atoms with Crippen molar-refractivity contribution < 1.29 is 4.79 Å². The van der Waals surface area contributed by atoms with Crippen molar-refractivity contribution in [3.05, 3.63) is 46.5 Å². The Bertz CT molecular complexity index is 771. The second kappa shape index (κ2) is 5.60. The van der Waals surface area contributed by atoms with Gasteiger partial charge < -0.3 is 5.32 Å². The van der Waals surface area contributed by atoms with E-state index in [1.165, 1.54) is 5.69 Å². The van der Waals surface area contributed by atoms with Crippen molar-refractivity contribution in [1.82, 2.24) is 20.1 Å². The zero-order valence-corrected chi connectivity index (χ0v) is 12.6. The van der Waals surface area contributed by atoms with Gasteiger partial charge in [0.2, 0.25) is 0 Å². The molecule has 112 valence electrons.